The Balaban J connectivity index is 1.41. The minimum atomic E-state index is -2.92. The fourth-order valence-electron chi connectivity index (χ4n) is 3.55. The first-order chi connectivity index (χ1) is 15.9. The van der Waals surface area contributed by atoms with Crippen LogP contribution in [0.3, 0.4) is 0 Å². The van der Waals surface area contributed by atoms with Crippen molar-refractivity contribution in [2.24, 2.45) is 5.92 Å². The van der Waals surface area contributed by atoms with E-state index in [1.54, 1.807) is 12.1 Å². The van der Waals surface area contributed by atoms with E-state index in [0.29, 0.717) is 12.3 Å². The third-order valence-corrected chi connectivity index (χ3v) is 5.77. The number of benzene rings is 1. The van der Waals surface area contributed by atoms with Crippen LogP contribution in [0.4, 0.5) is 14.6 Å². The molecule has 1 aliphatic rings. The molecule has 1 aromatic carbocycles. The van der Waals surface area contributed by atoms with Crippen LogP contribution in [0.2, 0.25) is 0 Å². The summed E-state index contributed by atoms with van der Waals surface area (Å²) in [6.07, 6.45) is 1.87. The maximum atomic E-state index is 13.1. The van der Waals surface area contributed by atoms with E-state index in [-0.39, 0.29) is 29.3 Å². The molecule has 34 heavy (non-hydrogen) atoms. The SMILES string of the molecule is Cc1cc(-c2ccnc(NC(=O)C3CC3(F)F)c2)ccc1CCC(=O)c1noc(C(C)(C)C)n1. The highest BCUT2D eigenvalue weighted by molar-refractivity contribution is 5.95. The summed E-state index contributed by atoms with van der Waals surface area (Å²) in [4.78, 5) is 32.7. The largest absolute Gasteiger partial charge is 0.338 e. The summed E-state index contributed by atoms with van der Waals surface area (Å²) in [6.45, 7) is 7.76. The molecule has 2 aromatic heterocycles. The molecule has 0 saturated heterocycles. The average Bonchev–Trinajstić information content (AvgIpc) is 3.17. The lowest BCUT2D eigenvalue weighted by molar-refractivity contribution is -0.119. The number of amides is 1. The lowest BCUT2D eigenvalue weighted by Gasteiger charge is -2.10. The van der Waals surface area contributed by atoms with Crippen molar-refractivity contribution in [3.63, 3.8) is 0 Å². The van der Waals surface area contributed by atoms with Gasteiger partial charge in [-0.25, -0.2) is 13.8 Å². The molecule has 4 rings (SSSR count). The second-order valence-corrected chi connectivity index (χ2v) is 9.67. The van der Waals surface area contributed by atoms with Crippen molar-refractivity contribution in [3.05, 3.63) is 59.4 Å². The number of alkyl halides is 2. The second-order valence-electron chi connectivity index (χ2n) is 9.67. The molecule has 0 spiro atoms. The number of hydrogen-bond acceptors (Lipinski definition) is 6. The molecule has 0 bridgehead atoms. The number of carbonyl (C=O) groups excluding carboxylic acids is 2. The highest BCUT2D eigenvalue weighted by Crippen LogP contribution is 2.49. The molecule has 1 aliphatic carbocycles. The third-order valence-electron chi connectivity index (χ3n) is 5.77. The number of ketones is 1. The minimum absolute atomic E-state index is 0.0921. The van der Waals surface area contributed by atoms with Gasteiger partial charge < -0.3 is 9.84 Å². The number of rotatable bonds is 7. The van der Waals surface area contributed by atoms with Gasteiger partial charge in [-0.15, -0.1) is 0 Å². The first-order valence-electron chi connectivity index (χ1n) is 11.1. The summed E-state index contributed by atoms with van der Waals surface area (Å²) in [5, 5.41) is 6.28. The smallest absolute Gasteiger partial charge is 0.260 e. The van der Waals surface area contributed by atoms with Crippen LogP contribution in [0.5, 0.6) is 0 Å². The van der Waals surface area contributed by atoms with E-state index >= 15 is 0 Å². The van der Waals surface area contributed by atoms with Crippen LogP contribution in [0.15, 0.2) is 41.1 Å². The molecule has 1 fully saturated rings. The van der Waals surface area contributed by atoms with E-state index in [1.165, 1.54) is 6.20 Å². The Morgan fingerprint density at radius 3 is 2.50 bits per heavy atom. The average molecular weight is 469 g/mol. The number of halogens is 2. The van der Waals surface area contributed by atoms with Crippen LogP contribution in [0.25, 0.3) is 11.1 Å². The number of aryl methyl sites for hydroxylation is 2. The first kappa shape index (κ1) is 23.7. The van der Waals surface area contributed by atoms with Gasteiger partial charge in [-0.3, -0.25) is 9.59 Å². The molecule has 1 saturated carbocycles. The van der Waals surface area contributed by atoms with Crippen LogP contribution in [0.1, 0.15) is 61.2 Å². The molecule has 178 valence electrons. The monoisotopic (exact) mass is 468 g/mol. The predicted molar refractivity (Wildman–Crippen MR) is 122 cm³/mol. The standard InChI is InChI=1S/C25H26F2N4O3/c1-14-11-16(17-9-10-28-20(12-17)29-22(33)18-13-25(18,26)27)6-5-15(14)7-8-19(32)21-30-23(34-31-21)24(2,3)4/h5-6,9-12,18H,7-8,13H2,1-4H3,(H,28,29,33). The van der Waals surface area contributed by atoms with Crippen LogP contribution >= 0.6 is 0 Å². The van der Waals surface area contributed by atoms with Gasteiger partial charge in [0.25, 0.3) is 5.92 Å². The summed E-state index contributed by atoms with van der Waals surface area (Å²) < 4.78 is 31.4. The fraction of sp³-hybridized carbons (Fsp3) is 0.400. The zero-order valence-corrected chi connectivity index (χ0v) is 19.5. The highest BCUT2D eigenvalue weighted by Gasteiger charge is 2.61. The maximum Gasteiger partial charge on any atom is 0.260 e. The van der Waals surface area contributed by atoms with Gasteiger partial charge in [0.15, 0.2) is 0 Å². The van der Waals surface area contributed by atoms with Crippen LogP contribution in [-0.4, -0.2) is 32.7 Å². The number of nitrogens with zero attached hydrogens (tertiary/aromatic N) is 3. The van der Waals surface area contributed by atoms with Gasteiger partial charge in [-0.05, 0) is 47.7 Å². The molecule has 0 aliphatic heterocycles. The summed E-state index contributed by atoms with van der Waals surface area (Å²) in [7, 11) is 0. The number of aromatic nitrogens is 3. The minimum Gasteiger partial charge on any atom is -0.338 e. The molecular formula is C25H26F2N4O3. The van der Waals surface area contributed by atoms with Gasteiger partial charge in [-0.2, -0.15) is 4.98 Å². The third kappa shape index (κ3) is 5.18. The molecule has 1 N–H and O–H groups in total. The summed E-state index contributed by atoms with van der Waals surface area (Å²) in [6, 6.07) is 9.26. The van der Waals surface area contributed by atoms with Crippen molar-refractivity contribution in [2.45, 2.75) is 58.3 Å². The summed E-state index contributed by atoms with van der Waals surface area (Å²) in [5.41, 5.74) is 3.36. The van der Waals surface area contributed by atoms with Crippen molar-refractivity contribution >= 4 is 17.5 Å². The molecule has 1 unspecified atom stereocenters. The molecule has 1 amide bonds. The van der Waals surface area contributed by atoms with Gasteiger partial charge in [0.05, 0.1) is 0 Å². The van der Waals surface area contributed by atoms with E-state index < -0.39 is 24.2 Å². The lowest BCUT2D eigenvalue weighted by Crippen LogP contribution is -2.18. The van der Waals surface area contributed by atoms with E-state index in [0.717, 1.165) is 22.3 Å². The van der Waals surface area contributed by atoms with Gasteiger partial charge >= 0.3 is 0 Å². The quantitative estimate of drug-likeness (QED) is 0.482. The Labute approximate surface area is 196 Å². The molecule has 0 radical (unpaired) electrons. The van der Waals surface area contributed by atoms with E-state index in [2.05, 4.69) is 20.4 Å². The maximum absolute atomic E-state index is 13.1. The predicted octanol–water partition coefficient (Wildman–Crippen LogP) is 5.15. The second kappa shape index (κ2) is 8.70. The number of carbonyl (C=O) groups is 2. The van der Waals surface area contributed by atoms with E-state index in [9.17, 15) is 18.4 Å². The Morgan fingerprint density at radius 1 is 1.18 bits per heavy atom. The number of hydrogen-bond donors (Lipinski definition) is 1. The summed E-state index contributed by atoms with van der Waals surface area (Å²) in [5.74, 6) is -4.36. The zero-order chi connectivity index (χ0) is 24.7. The van der Waals surface area contributed by atoms with Crippen molar-refractivity contribution in [1.82, 2.24) is 15.1 Å². The van der Waals surface area contributed by atoms with Crippen molar-refractivity contribution in [1.29, 1.82) is 0 Å². The van der Waals surface area contributed by atoms with Crippen molar-refractivity contribution in [3.8, 4) is 11.1 Å². The Bertz CT molecular complexity index is 1250. The molecule has 3 aromatic rings. The molecule has 2 heterocycles. The number of anilines is 1. The number of nitrogens with one attached hydrogen (secondary N) is 1. The highest BCUT2D eigenvalue weighted by atomic mass is 19.3. The van der Waals surface area contributed by atoms with E-state index in [4.69, 9.17) is 4.52 Å². The molecule has 1 atom stereocenters. The van der Waals surface area contributed by atoms with Crippen LogP contribution in [0, 0.1) is 12.8 Å². The first-order valence-corrected chi connectivity index (χ1v) is 11.1. The molecular weight excluding hydrogens is 442 g/mol. The Morgan fingerprint density at radius 2 is 1.88 bits per heavy atom. The van der Waals surface area contributed by atoms with Crippen LogP contribution < -0.4 is 5.32 Å². The lowest BCUT2D eigenvalue weighted by atomic mass is 9.96. The van der Waals surface area contributed by atoms with Gasteiger partial charge in [0, 0.05) is 24.5 Å². The molecule has 9 heteroatoms. The zero-order valence-electron chi connectivity index (χ0n) is 19.5. The Hall–Kier alpha value is -3.49. The van der Waals surface area contributed by atoms with Crippen LogP contribution in [-0.2, 0) is 16.6 Å². The fourth-order valence-corrected chi connectivity index (χ4v) is 3.55. The molecule has 7 nitrogen and oxygen atoms in total. The van der Waals surface area contributed by atoms with E-state index in [1.807, 2.05) is 45.9 Å². The van der Waals surface area contributed by atoms with Gasteiger partial charge in [-0.1, -0.05) is 44.1 Å². The van der Waals surface area contributed by atoms with Crippen molar-refractivity contribution in [2.75, 3.05) is 5.32 Å². The Kier molecular flexibility index (Phi) is 6.05. The van der Waals surface area contributed by atoms with Crippen molar-refractivity contribution < 1.29 is 22.9 Å². The number of pyridine rings is 1. The normalized spacial score (nSPS) is 16.8. The number of Topliss-reactive ketones (excluding diaryl/α,β-unsaturated/α-hetero) is 1. The topological polar surface area (TPSA) is 98.0 Å². The van der Waals surface area contributed by atoms with Gasteiger partial charge in [0.1, 0.15) is 11.7 Å². The van der Waals surface area contributed by atoms with Gasteiger partial charge in [0.2, 0.25) is 23.4 Å². The summed E-state index contributed by atoms with van der Waals surface area (Å²) >= 11 is 0.